The molecule has 2 unspecified atom stereocenters. The Kier molecular flexibility index (Phi) is 5.63. The largest absolute Gasteiger partial charge is 0.335 e. The molecule has 1 saturated heterocycles. The molecule has 4 rings (SSSR count). The molecule has 1 heterocycles. The molecular formula is C23H28N2O3S. The van der Waals surface area contributed by atoms with Crippen LogP contribution in [0.3, 0.4) is 0 Å². The quantitative estimate of drug-likeness (QED) is 0.752. The number of carbonyl (C=O) groups excluding carboxylic acids is 1. The number of likely N-dealkylation sites (tertiary alicyclic amines) is 1. The predicted octanol–water partition coefficient (Wildman–Crippen LogP) is 4.31. The van der Waals surface area contributed by atoms with Crippen molar-refractivity contribution in [3.8, 4) is 0 Å². The van der Waals surface area contributed by atoms with E-state index < -0.39 is 10.0 Å². The molecular weight excluding hydrogens is 384 g/mol. The molecule has 154 valence electrons. The van der Waals surface area contributed by atoms with Crippen LogP contribution in [-0.2, 0) is 10.0 Å². The Balaban J connectivity index is 1.60. The number of amides is 1. The highest BCUT2D eigenvalue weighted by Gasteiger charge is 2.36. The standard InChI is InChI=1S/C23H28N2O3S/c1-24(20-12-3-2-4-13-20)29(27,28)21-14-7-10-19(17-21)23(26)25-16-8-11-18-9-5-6-15-22(18)25/h2-4,7,10,12-14,17-18,22H,5-6,8-9,11,15-16H2,1H3. The van der Waals surface area contributed by atoms with Gasteiger partial charge in [0.25, 0.3) is 15.9 Å². The van der Waals surface area contributed by atoms with Crippen molar-refractivity contribution in [3.05, 3.63) is 60.2 Å². The SMILES string of the molecule is CN(c1ccccc1)S(=O)(=O)c1cccc(C(=O)N2CCCC3CCCCC32)c1. The Morgan fingerprint density at radius 3 is 2.48 bits per heavy atom. The third-order valence-corrected chi connectivity index (χ3v) is 8.14. The molecule has 1 amide bonds. The van der Waals surface area contributed by atoms with E-state index in [4.69, 9.17) is 0 Å². The minimum absolute atomic E-state index is 0.0407. The summed E-state index contributed by atoms with van der Waals surface area (Å²) in [7, 11) is -2.20. The zero-order valence-corrected chi connectivity index (χ0v) is 17.6. The minimum atomic E-state index is -3.74. The number of anilines is 1. The van der Waals surface area contributed by atoms with E-state index in [1.165, 1.54) is 43.1 Å². The van der Waals surface area contributed by atoms with Crippen LogP contribution in [0.5, 0.6) is 0 Å². The van der Waals surface area contributed by atoms with Gasteiger partial charge in [0.15, 0.2) is 0 Å². The molecule has 0 N–H and O–H groups in total. The molecule has 0 aromatic heterocycles. The summed E-state index contributed by atoms with van der Waals surface area (Å²) in [4.78, 5) is 15.4. The van der Waals surface area contributed by atoms with Crippen molar-refractivity contribution in [2.45, 2.75) is 49.5 Å². The van der Waals surface area contributed by atoms with E-state index in [1.807, 2.05) is 11.0 Å². The number of sulfonamides is 1. The molecule has 2 fully saturated rings. The average Bonchev–Trinajstić information content (AvgIpc) is 2.78. The summed E-state index contributed by atoms with van der Waals surface area (Å²) in [6.45, 7) is 0.765. The van der Waals surface area contributed by atoms with Gasteiger partial charge in [0, 0.05) is 25.2 Å². The first-order valence-electron chi connectivity index (χ1n) is 10.4. The van der Waals surface area contributed by atoms with E-state index in [9.17, 15) is 13.2 Å². The monoisotopic (exact) mass is 412 g/mol. The Morgan fingerprint density at radius 2 is 1.69 bits per heavy atom. The number of carbonyl (C=O) groups is 1. The van der Waals surface area contributed by atoms with Crippen LogP contribution in [0.4, 0.5) is 5.69 Å². The van der Waals surface area contributed by atoms with Crippen LogP contribution < -0.4 is 4.31 Å². The fourth-order valence-electron chi connectivity index (χ4n) is 4.77. The first-order chi connectivity index (χ1) is 14.0. The van der Waals surface area contributed by atoms with E-state index in [-0.39, 0.29) is 10.8 Å². The van der Waals surface area contributed by atoms with Crippen molar-refractivity contribution in [1.29, 1.82) is 0 Å². The van der Waals surface area contributed by atoms with Gasteiger partial charge in [-0.15, -0.1) is 0 Å². The lowest BCUT2D eigenvalue weighted by Crippen LogP contribution is -2.49. The van der Waals surface area contributed by atoms with E-state index in [0.717, 1.165) is 19.4 Å². The Bertz CT molecular complexity index is 973. The zero-order chi connectivity index (χ0) is 20.4. The topological polar surface area (TPSA) is 57.7 Å². The molecule has 0 bridgehead atoms. The van der Waals surface area contributed by atoms with Gasteiger partial charge in [-0.1, -0.05) is 37.1 Å². The van der Waals surface area contributed by atoms with Crippen molar-refractivity contribution in [1.82, 2.24) is 4.90 Å². The van der Waals surface area contributed by atoms with E-state index in [1.54, 1.807) is 42.5 Å². The summed E-state index contributed by atoms with van der Waals surface area (Å²) in [6.07, 6.45) is 6.91. The normalized spacial score (nSPS) is 22.0. The summed E-state index contributed by atoms with van der Waals surface area (Å²) < 4.78 is 27.5. The fraction of sp³-hybridized carbons (Fsp3) is 0.435. The number of hydrogen-bond acceptors (Lipinski definition) is 3. The van der Waals surface area contributed by atoms with E-state index in [2.05, 4.69) is 0 Å². The van der Waals surface area contributed by atoms with Crippen LogP contribution in [0.2, 0.25) is 0 Å². The third kappa shape index (κ3) is 3.90. The Hall–Kier alpha value is -2.34. The van der Waals surface area contributed by atoms with Gasteiger partial charge in [-0.2, -0.15) is 0 Å². The van der Waals surface area contributed by atoms with Crippen LogP contribution in [0.15, 0.2) is 59.5 Å². The van der Waals surface area contributed by atoms with Crippen LogP contribution in [-0.4, -0.2) is 38.9 Å². The van der Waals surface area contributed by atoms with Crippen molar-refractivity contribution in [2.24, 2.45) is 5.92 Å². The highest BCUT2D eigenvalue weighted by Crippen LogP contribution is 2.36. The molecule has 5 nitrogen and oxygen atoms in total. The number of benzene rings is 2. The van der Waals surface area contributed by atoms with Crippen LogP contribution in [0.25, 0.3) is 0 Å². The molecule has 0 radical (unpaired) electrons. The molecule has 1 saturated carbocycles. The molecule has 0 spiro atoms. The highest BCUT2D eigenvalue weighted by molar-refractivity contribution is 7.92. The number of fused-ring (bicyclic) bond motifs is 1. The zero-order valence-electron chi connectivity index (χ0n) is 16.8. The second-order valence-electron chi connectivity index (χ2n) is 8.09. The summed E-state index contributed by atoms with van der Waals surface area (Å²) in [5.41, 5.74) is 1.05. The second kappa shape index (κ2) is 8.19. The lowest BCUT2D eigenvalue weighted by atomic mass is 9.78. The Morgan fingerprint density at radius 1 is 0.966 bits per heavy atom. The predicted molar refractivity (Wildman–Crippen MR) is 114 cm³/mol. The molecule has 2 aromatic rings. The first-order valence-corrected chi connectivity index (χ1v) is 11.9. The maximum Gasteiger partial charge on any atom is 0.264 e. The van der Waals surface area contributed by atoms with Crippen molar-refractivity contribution in [3.63, 3.8) is 0 Å². The maximum atomic E-state index is 13.3. The van der Waals surface area contributed by atoms with Gasteiger partial charge < -0.3 is 4.90 Å². The molecule has 1 aliphatic carbocycles. The van der Waals surface area contributed by atoms with Gasteiger partial charge >= 0.3 is 0 Å². The lowest BCUT2D eigenvalue weighted by Gasteiger charge is -2.44. The van der Waals surface area contributed by atoms with Gasteiger partial charge in [0.05, 0.1) is 10.6 Å². The van der Waals surface area contributed by atoms with Crippen molar-refractivity contribution < 1.29 is 13.2 Å². The molecule has 2 aliphatic rings. The van der Waals surface area contributed by atoms with Crippen LogP contribution >= 0.6 is 0 Å². The summed E-state index contributed by atoms with van der Waals surface area (Å²) >= 11 is 0. The van der Waals surface area contributed by atoms with Crippen molar-refractivity contribution >= 4 is 21.6 Å². The number of rotatable bonds is 4. The van der Waals surface area contributed by atoms with Gasteiger partial charge in [-0.05, 0) is 61.9 Å². The highest BCUT2D eigenvalue weighted by atomic mass is 32.2. The van der Waals surface area contributed by atoms with Crippen LogP contribution in [0, 0.1) is 5.92 Å². The van der Waals surface area contributed by atoms with E-state index in [0.29, 0.717) is 23.2 Å². The fourth-order valence-corrected chi connectivity index (χ4v) is 6.01. The lowest BCUT2D eigenvalue weighted by molar-refractivity contribution is 0.0390. The number of piperidine rings is 1. The summed E-state index contributed by atoms with van der Waals surface area (Å²) in [6, 6.07) is 15.8. The smallest absolute Gasteiger partial charge is 0.264 e. The summed E-state index contributed by atoms with van der Waals surface area (Å²) in [5.74, 6) is 0.554. The molecule has 1 aliphatic heterocycles. The minimum Gasteiger partial charge on any atom is -0.335 e. The van der Waals surface area contributed by atoms with Gasteiger partial charge in [-0.3, -0.25) is 9.10 Å². The number of nitrogens with zero attached hydrogens (tertiary/aromatic N) is 2. The maximum absolute atomic E-state index is 13.3. The molecule has 6 heteroatoms. The molecule has 2 aromatic carbocycles. The summed E-state index contributed by atoms with van der Waals surface area (Å²) in [5, 5.41) is 0. The van der Waals surface area contributed by atoms with Gasteiger partial charge in [0.1, 0.15) is 0 Å². The van der Waals surface area contributed by atoms with Gasteiger partial charge in [0.2, 0.25) is 0 Å². The first kappa shape index (κ1) is 20.0. The third-order valence-electron chi connectivity index (χ3n) is 6.36. The second-order valence-corrected chi connectivity index (χ2v) is 10.1. The van der Waals surface area contributed by atoms with Crippen LogP contribution in [0.1, 0.15) is 48.9 Å². The van der Waals surface area contributed by atoms with Crippen molar-refractivity contribution in [2.75, 3.05) is 17.9 Å². The molecule has 2 atom stereocenters. The number of hydrogen-bond donors (Lipinski definition) is 0. The average molecular weight is 413 g/mol. The Labute approximate surface area is 173 Å². The van der Waals surface area contributed by atoms with Gasteiger partial charge in [-0.25, -0.2) is 8.42 Å². The number of para-hydroxylation sites is 1. The molecule has 29 heavy (non-hydrogen) atoms. The van der Waals surface area contributed by atoms with E-state index >= 15 is 0 Å².